The molecule has 4 heterocycles. The third-order valence-corrected chi connectivity index (χ3v) is 8.69. The van der Waals surface area contributed by atoms with Crippen LogP contribution in [0.15, 0.2) is 59.8 Å². The topological polar surface area (TPSA) is 66.5 Å². The number of hydrogen-bond donors (Lipinski definition) is 1. The summed E-state index contributed by atoms with van der Waals surface area (Å²) in [5.74, 6) is -0.531. The first-order valence-corrected chi connectivity index (χ1v) is 14.1. The molecule has 208 valence electrons. The molecule has 2 aliphatic heterocycles. The molecule has 2 atom stereocenters. The van der Waals surface area contributed by atoms with Crippen molar-refractivity contribution in [2.24, 2.45) is 7.05 Å². The fourth-order valence-electron chi connectivity index (χ4n) is 6.52. The van der Waals surface area contributed by atoms with Crippen LogP contribution in [0.3, 0.4) is 0 Å². The molecule has 0 aliphatic carbocycles. The molecule has 0 amide bonds. The number of hydrogen-bond acceptors (Lipinski definition) is 5. The van der Waals surface area contributed by atoms with Crippen LogP contribution in [0, 0.1) is 12.7 Å². The van der Waals surface area contributed by atoms with Crippen LogP contribution in [0.1, 0.15) is 32.4 Å². The predicted octanol–water partition coefficient (Wildman–Crippen LogP) is 5.77. The van der Waals surface area contributed by atoms with E-state index in [2.05, 4.69) is 28.6 Å². The Morgan fingerprint density at radius 1 is 1.00 bits per heavy atom. The van der Waals surface area contributed by atoms with E-state index in [0.29, 0.717) is 51.1 Å². The Morgan fingerprint density at radius 2 is 1.68 bits per heavy atom. The van der Waals surface area contributed by atoms with Crippen molar-refractivity contribution in [2.75, 3.05) is 18.0 Å². The first kappa shape index (κ1) is 26.6. The van der Waals surface area contributed by atoms with Gasteiger partial charge < -0.3 is 14.6 Å². The van der Waals surface area contributed by atoms with Gasteiger partial charge in [-0.2, -0.15) is 0 Å². The second-order valence-electron chi connectivity index (χ2n) is 11.2. The number of rotatable bonds is 5. The molecule has 1 N–H and O–H groups in total. The second-order valence-corrected chi connectivity index (χ2v) is 11.6. The van der Waals surface area contributed by atoms with Crippen molar-refractivity contribution in [1.82, 2.24) is 19.0 Å². The first-order chi connectivity index (χ1) is 19.1. The minimum atomic E-state index is -0.479. The standard InChI is InChI=1S/C31H33ClFN5O2/c1-18(2)38-23-6-7-24(38)17-36(16-23)29-12-21(15-34-19(29)3)26-14-22(33)13-25(30(26)39)20-5-8-28(27(32)11-20)37-10-9-35(4)31(37)40/h5,8-15,18,23-24,39H,6-7,16-17H2,1-4H3. The molecule has 2 saturated heterocycles. The van der Waals surface area contributed by atoms with Crippen LogP contribution in [-0.4, -0.2) is 55.3 Å². The summed E-state index contributed by atoms with van der Waals surface area (Å²) < 4.78 is 17.9. The average molecular weight is 562 g/mol. The number of aryl methyl sites for hydroxylation is 2. The minimum Gasteiger partial charge on any atom is -0.507 e. The van der Waals surface area contributed by atoms with Crippen LogP contribution >= 0.6 is 11.6 Å². The number of anilines is 1. The molecule has 2 unspecified atom stereocenters. The summed E-state index contributed by atoms with van der Waals surface area (Å²) >= 11 is 6.56. The van der Waals surface area contributed by atoms with Crippen molar-refractivity contribution >= 4 is 17.3 Å². The number of phenolic OH excluding ortho intramolecular Hbond substituents is 1. The van der Waals surface area contributed by atoms with E-state index in [1.165, 1.54) is 34.1 Å². The molecule has 2 aliphatic rings. The molecule has 0 spiro atoms. The van der Waals surface area contributed by atoms with Crippen molar-refractivity contribution in [3.8, 4) is 33.7 Å². The van der Waals surface area contributed by atoms with Gasteiger partial charge in [0.05, 0.1) is 22.1 Å². The molecular weight excluding hydrogens is 529 g/mol. The lowest BCUT2D eigenvalue weighted by Gasteiger charge is -2.44. The van der Waals surface area contributed by atoms with Crippen LogP contribution in [0.2, 0.25) is 5.02 Å². The molecule has 6 rings (SSSR count). The summed E-state index contributed by atoms with van der Waals surface area (Å²) in [6, 6.07) is 11.2. The van der Waals surface area contributed by atoms with Gasteiger partial charge >= 0.3 is 5.69 Å². The number of phenols is 1. The van der Waals surface area contributed by atoms with Crippen LogP contribution in [-0.2, 0) is 7.05 Å². The van der Waals surface area contributed by atoms with Crippen LogP contribution in [0.5, 0.6) is 5.75 Å². The number of aromatic nitrogens is 3. The number of imidazole rings is 1. The fourth-order valence-corrected chi connectivity index (χ4v) is 6.79. The van der Waals surface area contributed by atoms with Gasteiger partial charge in [-0.3, -0.25) is 14.5 Å². The Bertz CT molecular complexity index is 1650. The van der Waals surface area contributed by atoms with Gasteiger partial charge in [0.15, 0.2) is 0 Å². The Balaban J connectivity index is 1.36. The Kier molecular flexibility index (Phi) is 6.71. The molecular formula is C31H33ClFN5O2. The van der Waals surface area contributed by atoms with Crippen molar-refractivity contribution < 1.29 is 9.50 Å². The van der Waals surface area contributed by atoms with E-state index in [0.717, 1.165) is 24.5 Å². The van der Waals surface area contributed by atoms with Crippen molar-refractivity contribution in [3.05, 3.63) is 82.0 Å². The Labute approximate surface area is 238 Å². The zero-order valence-corrected chi connectivity index (χ0v) is 23.9. The largest absolute Gasteiger partial charge is 0.507 e. The molecule has 4 aromatic rings. The summed E-state index contributed by atoms with van der Waals surface area (Å²) in [4.78, 5) is 22.1. The van der Waals surface area contributed by atoms with E-state index >= 15 is 4.39 Å². The Morgan fingerprint density at radius 3 is 2.27 bits per heavy atom. The van der Waals surface area contributed by atoms with Crippen molar-refractivity contribution in [2.45, 2.75) is 51.7 Å². The van der Waals surface area contributed by atoms with Crippen LogP contribution in [0.25, 0.3) is 27.9 Å². The highest BCUT2D eigenvalue weighted by Gasteiger charge is 2.41. The minimum absolute atomic E-state index is 0.0524. The lowest BCUT2D eigenvalue weighted by Crippen LogP contribution is -2.56. The third-order valence-electron chi connectivity index (χ3n) is 8.39. The average Bonchev–Trinajstić information content (AvgIpc) is 3.40. The summed E-state index contributed by atoms with van der Waals surface area (Å²) in [5, 5.41) is 11.7. The molecule has 7 nitrogen and oxygen atoms in total. The molecule has 2 fully saturated rings. The van der Waals surface area contributed by atoms with Crippen molar-refractivity contribution in [1.29, 1.82) is 0 Å². The number of aromatic hydroxyl groups is 1. The summed E-state index contributed by atoms with van der Waals surface area (Å²) in [5.41, 5.74) is 4.08. The molecule has 2 aromatic heterocycles. The zero-order chi connectivity index (χ0) is 28.3. The molecule has 0 saturated carbocycles. The Hall–Kier alpha value is -3.62. The highest BCUT2D eigenvalue weighted by Crippen LogP contribution is 2.42. The number of halogens is 2. The van der Waals surface area contributed by atoms with E-state index in [-0.39, 0.29) is 11.4 Å². The molecule has 2 aromatic carbocycles. The van der Waals surface area contributed by atoms with E-state index in [1.807, 2.05) is 13.0 Å². The molecule has 0 radical (unpaired) electrons. The smallest absolute Gasteiger partial charge is 0.332 e. The summed E-state index contributed by atoms with van der Waals surface area (Å²) in [6.45, 7) is 8.38. The first-order valence-electron chi connectivity index (χ1n) is 13.7. The lowest BCUT2D eigenvalue weighted by molar-refractivity contribution is 0.129. The molecule has 9 heteroatoms. The number of benzene rings is 2. The van der Waals surface area contributed by atoms with Crippen LogP contribution < -0.4 is 10.6 Å². The maximum Gasteiger partial charge on any atom is 0.332 e. The number of pyridine rings is 1. The van der Waals surface area contributed by atoms with Gasteiger partial charge in [0.1, 0.15) is 11.6 Å². The number of nitrogens with zero attached hydrogens (tertiary/aromatic N) is 5. The fraction of sp³-hybridized carbons (Fsp3) is 0.355. The molecule has 40 heavy (non-hydrogen) atoms. The SMILES string of the molecule is Cc1ncc(-c2cc(F)cc(-c3ccc(-n4ccn(C)c4=O)c(Cl)c3)c2O)cc1N1CC2CCC(C1)N2C(C)C. The van der Waals surface area contributed by atoms with Crippen LogP contribution in [0.4, 0.5) is 10.1 Å². The van der Waals surface area contributed by atoms with Gasteiger partial charge in [-0.05, 0) is 69.5 Å². The summed E-state index contributed by atoms with van der Waals surface area (Å²) in [6.07, 6.45) is 7.36. The molecule has 2 bridgehead atoms. The van der Waals surface area contributed by atoms with E-state index in [4.69, 9.17) is 11.6 Å². The third kappa shape index (κ3) is 4.49. The predicted molar refractivity (Wildman–Crippen MR) is 157 cm³/mol. The van der Waals surface area contributed by atoms with Gasteiger partial charge in [0.2, 0.25) is 0 Å². The van der Waals surface area contributed by atoms with Crippen molar-refractivity contribution in [3.63, 3.8) is 0 Å². The zero-order valence-electron chi connectivity index (χ0n) is 23.1. The van der Waals surface area contributed by atoms with Gasteiger partial charge in [0.25, 0.3) is 0 Å². The number of piperazine rings is 1. The van der Waals surface area contributed by atoms with Gasteiger partial charge in [-0.25, -0.2) is 9.18 Å². The van der Waals surface area contributed by atoms with Gasteiger partial charge in [0, 0.05) is 73.5 Å². The second kappa shape index (κ2) is 10.1. The van der Waals surface area contributed by atoms with Gasteiger partial charge in [-0.15, -0.1) is 0 Å². The maximum atomic E-state index is 15.0. The number of fused-ring (bicyclic) bond motifs is 2. The summed E-state index contributed by atoms with van der Waals surface area (Å²) in [7, 11) is 1.66. The monoisotopic (exact) mass is 561 g/mol. The lowest BCUT2D eigenvalue weighted by atomic mass is 9.97. The highest BCUT2D eigenvalue weighted by molar-refractivity contribution is 6.32. The van der Waals surface area contributed by atoms with E-state index in [1.54, 1.807) is 43.8 Å². The normalized spacial score (nSPS) is 19.1. The quantitative estimate of drug-likeness (QED) is 0.335. The van der Waals surface area contributed by atoms with E-state index < -0.39 is 5.82 Å². The van der Waals surface area contributed by atoms with E-state index in [9.17, 15) is 9.90 Å². The van der Waals surface area contributed by atoms with Gasteiger partial charge in [-0.1, -0.05) is 17.7 Å². The maximum absolute atomic E-state index is 15.0. The highest BCUT2D eigenvalue weighted by atomic mass is 35.5.